The summed E-state index contributed by atoms with van der Waals surface area (Å²) in [6, 6.07) is 66.2. The fourth-order valence-corrected chi connectivity index (χ4v) is 9.23. The van der Waals surface area contributed by atoms with Crippen LogP contribution in [-0.4, -0.2) is 9.13 Å². The predicted molar refractivity (Wildman–Crippen MR) is 228 cm³/mol. The average Bonchev–Trinajstić information content (AvgIpc) is 3.83. The first-order valence-corrected chi connectivity index (χ1v) is 18.9. The second-order valence-corrected chi connectivity index (χ2v) is 15.3. The van der Waals surface area contributed by atoms with Gasteiger partial charge in [-0.1, -0.05) is 105 Å². The van der Waals surface area contributed by atoms with Crippen LogP contribution in [0.25, 0.3) is 88.4 Å². The van der Waals surface area contributed by atoms with Gasteiger partial charge in [0.05, 0.1) is 33.7 Å². The molecule has 0 atom stereocenters. The molecule has 0 spiro atoms. The molecule has 1 aliphatic carbocycles. The summed E-state index contributed by atoms with van der Waals surface area (Å²) in [6.45, 7) is 4.55. The number of aromatic nitrogens is 2. The first-order chi connectivity index (χ1) is 27.0. The van der Waals surface area contributed by atoms with Gasteiger partial charge in [0.25, 0.3) is 0 Å². The van der Waals surface area contributed by atoms with Crippen LogP contribution in [0.1, 0.15) is 30.5 Å². The fraction of sp³-hybridized carbons (Fsp3) is 0.0577. The van der Waals surface area contributed by atoms with Gasteiger partial charge in [0.15, 0.2) is 0 Å². The van der Waals surface area contributed by atoms with Crippen LogP contribution in [0, 0.1) is 11.3 Å². The summed E-state index contributed by atoms with van der Waals surface area (Å²) in [6.07, 6.45) is 0. The molecule has 0 amide bonds. The van der Waals surface area contributed by atoms with Gasteiger partial charge in [-0.3, -0.25) is 0 Å². The van der Waals surface area contributed by atoms with E-state index in [1.54, 1.807) is 0 Å². The summed E-state index contributed by atoms with van der Waals surface area (Å²) in [4.78, 5) is 0. The van der Waals surface area contributed by atoms with E-state index in [1.807, 2.05) is 6.07 Å². The number of rotatable bonds is 4. The molecule has 258 valence electrons. The smallest absolute Gasteiger partial charge is 0.0991 e. The minimum absolute atomic E-state index is 0.204. The summed E-state index contributed by atoms with van der Waals surface area (Å²) in [7, 11) is 0. The van der Waals surface area contributed by atoms with E-state index in [9.17, 15) is 5.26 Å². The van der Waals surface area contributed by atoms with Crippen molar-refractivity contribution < 1.29 is 0 Å². The van der Waals surface area contributed by atoms with Crippen LogP contribution >= 0.6 is 0 Å². The van der Waals surface area contributed by atoms with Crippen molar-refractivity contribution in [3.8, 4) is 50.8 Å². The fourth-order valence-electron chi connectivity index (χ4n) is 9.23. The highest BCUT2D eigenvalue weighted by atomic mass is 15.0. The summed E-state index contributed by atoms with van der Waals surface area (Å²) in [5, 5.41) is 14.6. The average molecular weight is 702 g/mol. The summed E-state index contributed by atoms with van der Waals surface area (Å²) >= 11 is 0. The standard InChI is InChI=1S/C52H35N3/c1-52(2)46-27-33(32-53)17-22-40(46)41-23-18-37(31-47(41)52)36-21-26-51-45(30-36)44-29-35(20-25-50(44)55(51)39-13-7-4-8-14-39)34-19-24-49-43(28-34)42-15-9-10-16-48(42)54(49)38-11-5-3-6-12-38/h3-31H,1-2H3. The third-order valence-corrected chi connectivity index (χ3v) is 11.9. The van der Waals surface area contributed by atoms with E-state index in [4.69, 9.17) is 0 Å². The van der Waals surface area contributed by atoms with Crippen molar-refractivity contribution in [2.24, 2.45) is 0 Å². The van der Waals surface area contributed by atoms with Gasteiger partial charge < -0.3 is 9.13 Å². The molecule has 11 rings (SSSR count). The maximum atomic E-state index is 9.63. The molecule has 3 nitrogen and oxygen atoms in total. The number of para-hydroxylation sites is 3. The predicted octanol–water partition coefficient (Wildman–Crippen LogP) is 13.4. The van der Waals surface area contributed by atoms with Gasteiger partial charge in [-0.15, -0.1) is 0 Å². The zero-order valence-corrected chi connectivity index (χ0v) is 30.6. The first kappa shape index (κ1) is 31.4. The molecule has 0 saturated heterocycles. The Kier molecular flexibility index (Phi) is 6.66. The second-order valence-electron chi connectivity index (χ2n) is 15.3. The molecule has 0 N–H and O–H groups in total. The Morgan fingerprint density at radius 3 is 1.36 bits per heavy atom. The van der Waals surface area contributed by atoms with E-state index in [2.05, 4.69) is 199 Å². The normalized spacial score (nSPS) is 13.0. The lowest BCUT2D eigenvalue weighted by Crippen LogP contribution is -2.15. The minimum atomic E-state index is -0.204. The number of nitriles is 1. The zero-order chi connectivity index (χ0) is 36.8. The number of hydrogen-bond acceptors (Lipinski definition) is 1. The van der Waals surface area contributed by atoms with Crippen molar-refractivity contribution in [1.82, 2.24) is 9.13 Å². The molecule has 2 heterocycles. The van der Waals surface area contributed by atoms with Gasteiger partial charge in [-0.05, 0) is 129 Å². The maximum Gasteiger partial charge on any atom is 0.0991 e. The van der Waals surface area contributed by atoms with E-state index in [0.717, 1.165) is 11.4 Å². The van der Waals surface area contributed by atoms with E-state index in [1.165, 1.54) is 88.1 Å². The Labute approximate surface area is 319 Å². The van der Waals surface area contributed by atoms with Crippen LogP contribution in [-0.2, 0) is 5.41 Å². The summed E-state index contributed by atoms with van der Waals surface area (Å²) in [5.41, 5.74) is 17.4. The second kappa shape index (κ2) is 11.7. The lowest BCUT2D eigenvalue weighted by atomic mass is 9.81. The minimum Gasteiger partial charge on any atom is -0.309 e. The summed E-state index contributed by atoms with van der Waals surface area (Å²) < 4.78 is 4.76. The molecule has 8 aromatic carbocycles. The molecule has 2 aromatic heterocycles. The molecule has 0 radical (unpaired) electrons. The molecular formula is C52H35N3. The van der Waals surface area contributed by atoms with Crippen LogP contribution in [0.4, 0.5) is 0 Å². The van der Waals surface area contributed by atoms with Gasteiger partial charge >= 0.3 is 0 Å². The van der Waals surface area contributed by atoms with Gasteiger partial charge in [0.1, 0.15) is 0 Å². The van der Waals surface area contributed by atoms with Crippen molar-refractivity contribution >= 4 is 43.6 Å². The molecule has 0 saturated carbocycles. The van der Waals surface area contributed by atoms with E-state index >= 15 is 0 Å². The van der Waals surface area contributed by atoms with Crippen molar-refractivity contribution in [2.45, 2.75) is 19.3 Å². The highest BCUT2D eigenvalue weighted by Crippen LogP contribution is 2.50. The number of hydrogen-bond donors (Lipinski definition) is 0. The van der Waals surface area contributed by atoms with Crippen LogP contribution in [0.15, 0.2) is 176 Å². The third-order valence-electron chi connectivity index (χ3n) is 11.9. The quantitative estimate of drug-likeness (QED) is 0.180. The zero-order valence-electron chi connectivity index (χ0n) is 30.6. The highest BCUT2D eigenvalue weighted by Gasteiger charge is 2.36. The van der Waals surface area contributed by atoms with E-state index < -0.39 is 0 Å². The Morgan fingerprint density at radius 1 is 0.400 bits per heavy atom. The van der Waals surface area contributed by atoms with Crippen molar-refractivity contribution in [1.29, 1.82) is 5.26 Å². The van der Waals surface area contributed by atoms with Gasteiger partial charge in [-0.25, -0.2) is 0 Å². The lowest BCUT2D eigenvalue weighted by molar-refractivity contribution is 0.660. The number of fused-ring (bicyclic) bond motifs is 9. The van der Waals surface area contributed by atoms with Crippen molar-refractivity contribution in [2.75, 3.05) is 0 Å². The highest BCUT2D eigenvalue weighted by molar-refractivity contribution is 6.13. The third kappa shape index (κ3) is 4.62. The van der Waals surface area contributed by atoms with Gasteiger partial charge in [-0.2, -0.15) is 5.26 Å². The molecule has 3 heteroatoms. The van der Waals surface area contributed by atoms with Gasteiger partial charge in [0, 0.05) is 38.3 Å². The number of nitrogens with zero attached hydrogens (tertiary/aromatic N) is 3. The molecule has 1 aliphatic rings. The van der Waals surface area contributed by atoms with Crippen LogP contribution in [0.2, 0.25) is 0 Å². The topological polar surface area (TPSA) is 33.6 Å². The lowest BCUT2D eigenvalue weighted by Gasteiger charge is -2.22. The molecular weight excluding hydrogens is 667 g/mol. The first-order valence-electron chi connectivity index (χ1n) is 18.9. The molecule has 0 aliphatic heterocycles. The van der Waals surface area contributed by atoms with Gasteiger partial charge in [0.2, 0.25) is 0 Å². The Balaban J connectivity index is 1.09. The van der Waals surface area contributed by atoms with Crippen LogP contribution in [0.3, 0.4) is 0 Å². The Hall–Kier alpha value is -7.15. The largest absolute Gasteiger partial charge is 0.309 e. The monoisotopic (exact) mass is 701 g/mol. The Morgan fingerprint density at radius 2 is 0.818 bits per heavy atom. The molecule has 0 unspecified atom stereocenters. The summed E-state index contributed by atoms with van der Waals surface area (Å²) in [5.74, 6) is 0. The molecule has 55 heavy (non-hydrogen) atoms. The molecule has 0 fully saturated rings. The van der Waals surface area contributed by atoms with E-state index in [-0.39, 0.29) is 5.41 Å². The Bertz CT molecular complexity index is 3230. The van der Waals surface area contributed by atoms with Crippen molar-refractivity contribution in [3.63, 3.8) is 0 Å². The maximum absolute atomic E-state index is 9.63. The van der Waals surface area contributed by atoms with Crippen LogP contribution < -0.4 is 0 Å². The van der Waals surface area contributed by atoms with Crippen LogP contribution in [0.5, 0.6) is 0 Å². The molecule has 0 bridgehead atoms. The van der Waals surface area contributed by atoms with Crippen molar-refractivity contribution in [3.05, 3.63) is 193 Å². The number of benzene rings is 8. The van der Waals surface area contributed by atoms with E-state index in [0.29, 0.717) is 5.56 Å². The SMILES string of the molecule is CC1(C)c2cc(C#N)ccc2-c2ccc(-c3ccc4c(c3)c3cc(-c5ccc6c(c5)c5ccccc5n6-c5ccccc5)ccc3n4-c3ccccc3)cc21. The molecule has 10 aromatic rings.